The number of hydrogen-bond donors (Lipinski definition) is 4. The molecule has 2 atom stereocenters. The number of piperazine rings is 1. The maximum atomic E-state index is 16.0. The molecule has 17 heteroatoms. The molecule has 7 aromatic rings. The van der Waals surface area contributed by atoms with E-state index in [0.29, 0.717) is 133 Å². The fourth-order valence-corrected chi connectivity index (χ4v) is 8.97. The number of aliphatic hydroxyl groups is 2. The number of aryl methyl sites for hydroxylation is 2. The van der Waals surface area contributed by atoms with Gasteiger partial charge < -0.3 is 26.6 Å². The molecule has 5 aromatic heterocycles. The van der Waals surface area contributed by atoms with Crippen LogP contribution < -0.4 is 11.5 Å². The standard InChI is InChI=1S/C55H52F2N12O3/c1-4-46-41(12-6-34-8-17-50(58)60-27-34)51(64-31-62-46)37-10-15-40(45(57)26-37)55(72)69-19-18-48-38(30-69)11-16-49(66-48)43-24-35(28-61-53(43)59)7-13-42-47(5-2)63-32-65-52(42)36-9-14-39(44(56)25-36)54(71)68-22-20-67(21-23-68)29-33(3)70/h8-11,14-17,24-28,31-33,55,70,72H,4-5,18-23,29-30H2,1-3H3,(H2,58,60)(H2,59,61). The minimum absolute atomic E-state index is 0.0271. The summed E-state index contributed by atoms with van der Waals surface area (Å²) >= 11 is 0. The molecule has 72 heavy (non-hydrogen) atoms. The first-order chi connectivity index (χ1) is 34.9. The van der Waals surface area contributed by atoms with Crippen molar-refractivity contribution in [1.82, 2.24) is 49.6 Å². The Morgan fingerprint density at radius 2 is 1.38 bits per heavy atom. The van der Waals surface area contributed by atoms with Gasteiger partial charge in [-0.05, 0) is 67.8 Å². The Balaban J connectivity index is 0.904. The smallest absolute Gasteiger partial charge is 0.256 e. The van der Waals surface area contributed by atoms with Gasteiger partial charge in [0, 0.05) is 104 Å². The molecule has 1 saturated heterocycles. The second kappa shape index (κ2) is 21.5. The van der Waals surface area contributed by atoms with Crippen LogP contribution in [-0.4, -0.2) is 111 Å². The monoisotopic (exact) mass is 966 g/mol. The summed E-state index contributed by atoms with van der Waals surface area (Å²) in [5.41, 5.74) is 20.7. The summed E-state index contributed by atoms with van der Waals surface area (Å²) in [6, 6.07) is 18.2. The molecule has 1 amide bonds. The van der Waals surface area contributed by atoms with Crippen LogP contribution in [0.2, 0.25) is 0 Å². The van der Waals surface area contributed by atoms with Crippen LogP contribution in [0.1, 0.15) is 87.8 Å². The molecule has 6 N–H and O–H groups in total. The first kappa shape index (κ1) is 48.9. The van der Waals surface area contributed by atoms with Gasteiger partial charge in [-0.25, -0.2) is 38.7 Å². The molecule has 7 heterocycles. The average molecular weight is 967 g/mol. The fraction of sp³-hybridized carbons (Fsp3) is 0.273. The Hall–Kier alpha value is -8.06. The second-order valence-electron chi connectivity index (χ2n) is 17.7. The zero-order valence-electron chi connectivity index (χ0n) is 40.1. The third-order valence-corrected chi connectivity index (χ3v) is 12.8. The molecule has 0 aliphatic carbocycles. The average Bonchev–Trinajstić information content (AvgIpc) is 3.39. The predicted molar refractivity (Wildman–Crippen MR) is 269 cm³/mol. The number of fused-ring (bicyclic) bond motifs is 1. The zero-order chi connectivity index (χ0) is 50.5. The van der Waals surface area contributed by atoms with Gasteiger partial charge in [-0.2, -0.15) is 0 Å². The summed E-state index contributed by atoms with van der Waals surface area (Å²) in [6.45, 7) is 8.95. The molecule has 15 nitrogen and oxygen atoms in total. The van der Waals surface area contributed by atoms with Gasteiger partial charge in [0.1, 0.15) is 42.2 Å². The van der Waals surface area contributed by atoms with E-state index in [-0.39, 0.29) is 22.9 Å². The van der Waals surface area contributed by atoms with Crippen LogP contribution in [0.4, 0.5) is 20.4 Å². The molecule has 1 fully saturated rings. The van der Waals surface area contributed by atoms with Gasteiger partial charge in [0.05, 0.1) is 51.3 Å². The van der Waals surface area contributed by atoms with Gasteiger partial charge in [-0.1, -0.05) is 61.8 Å². The number of benzene rings is 2. The van der Waals surface area contributed by atoms with Crippen molar-refractivity contribution in [3.63, 3.8) is 0 Å². The Morgan fingerprint density at radius 1 is 0.722 bits per heavy atom. The van der Waals surface area contributed by atoms with Crippen LogP contribution in [0, 0.1) is 35.3 Å². The first-order valence-electron chi connectivity index (χ1n) is 23.8. The number of anilines is 2. The maximum Gasteiger partial charge on any atom is 0.256 e. The summed E-state index contributed by atoms with van der Waals surface area (Å²) < 4.78 is 31.8. The van der Waals surface area contributed by atoms with Crippen LogP contribution in [0.15, 0.2) is 91.8 Å². The van der Waals surface area contributed by atoms with Gasteiger partial charge in [0.2, 0.25) is 0 Å². The molecule has 9 rings (SSSR count). The van der Waals surface area contributed by atoms with Gasteiger partial charge >= 0.3 is 0 Å². The number of rotatable bonds is 10. The van der Waals surface area contributed by atoms with Crippen LogP contribution in [0.3, 0.4) is 0 Å². The second-order valence-corrected chi connectivity index (χ2v) is 17.7. The minimum Gasteiger partial charge on any atom is -0.392 e. The van der Waals surface area contributed by atoms with E-state index in [4.69, 9.17) is 16.5 Å². The van der Waals surface area contributed by atoms with Crippen molar-refractivity contribution in [3.05, 3.63) is 159 Å². The van der Waals surface area contributed by atoms with Crippen molar-refractivity contribution < 1.29 is 23.8 Å². The van der Waals surface area contributed by atoms with Crippen LogP contribution in [0.25, 0.3) is 33.8 Å². The van der Waals surface area contributed by atoms with Gasteiger partial charge in [0.25, 0.3) is 5.91 Å². The Morgan fingerprint density at radius 3 is 2.00 bits per heavy atom. The van der Waals surface area contributed by atoms with Crippen molar-refractivity contribution in [2.75, 3.05) is 50.7 Å². The van der Waals surface area contributed by atoms with E-state index in [0.717, 1.165) is 17.0 Å². The van der Waals surface area contributed by atoms with E-state index in [1.54, 1.807) is 59.4 Å². The normalized spacial score (nSPS) is 14.6. The Labute approximate surface area is 416 Å². The molecule has 2 aliphatic heterocycles. The molecule has 2 aromatic carbocycles. The van der Waals surface area contributed by atoms with Crippen molar-refractivity contribution >= 4 is 17.5 Å². The van der Waals surface area contributed by atoms with Crippen molar-refractivity contribution in [2.24, 2.45) is 0 Å². The lowest BCUT2D eigenvalue weighted by Gasteiger charge is -2.35. The third kappa shape index (κ3) is 10.7. The lowest BCUT2D eigenvalue weighted by molar-refractivity contribution is -0.0106. The Bertz CT molecular complexity index is 3300. The Kier molecular flexibility index (Phi) is 14.6. The number of aromatic nitrogens is 7. The molecular formula is C55H52F2N12O3. The van der Waals surface area contributed by atoms with E-state index in [1.165, 1.54) is 30.9 Å². The number of nitrogen functional groups attached to an aromatic ring is 2. The SMILES string of the molecule is CCc1ncnc(-c2ccc(C(=O)N3CCN(CC(C)O)CC3)c(F)c2)c1C#Cc1cnc(N)c(-c2ccc3c(n2)CCN(C(O)c2ccc(-c4ncnc(CC)c4C#Cc4ccc(N)nc4)cc2F)C3)c1. The molecular weight excluding hydrogens is 915 g/mol. The summed E-state index contributed by atoms with van der Waals surface area (Å²) in [6.07, 6.45) is 5.91. The number of hydrogen-bond acceptors (Lipinski definition) is 14. The molecule has 2 aliphatic rings. The zero-order valence-corrected chi connectivity index (χ0v) is 40.1. The number of halogens is 2. The van der Waals surface area contributed by atoms with Crippen LogP contribution >= 0.6 is 0 Å². The topological polar surface area (TPSA) is 210 Å². The molecule has 0 bridgehead atoms. The summed E-state index contributed by atoms with van der Waals surface area (Å²) in [7, 11) is 0. The summed E-state index contributed by atoms with van der Waals surface area (Å²) in [5, 5.41) is 21.3. The van der Waals surface area contributed by atoms with Crippen molar-refractivity contribution in [1.29, 1.82) is 0 Å². The number of carbonyl (C=O) groups is 1. The number of amides is 1. The molecule has 0 saturated carbocycles. The summed E-state index contributed by atoms with van der Waals surface area (Å²) in [5.74, 6) is 11.7. The largest absolute Gasteiger partial charge is 0.392 e. The van der Waals surface area contributed by atoms with Gasteiger partial charge in [-0.15, -0.1) is 0 Å². The van der Waals surface area contributed by atoms with E-state index >= 15 is 8.78 Å². The van der Waals surface area contributed by atoms with E-state index in [9.17, 15) is 15.0 Å². The lowest BCUT2D eigenvalue weighted by Crippen LogP contribution is -2.50. The highest BCUT2D eigenvalue weighted by Gasteiger charge is 2.28. The number of nitrogens with zero attached hydrogens (tertiary/aromatic N) is 10. The van der Waals surface area contributed by atoms with Gasteiger partial charge in [-0.3, -0.25) is 19.6 Å². The van der Waals surface area contributed by atoms with E-state index in [1.807, 2.05) is 32.0 Å². The summed E-state index contributed by atoms with van der Waals surface area (Å²) in [4.78, 5) is 50.3. The molecule has 0 spiro atoms. The van der Waals surface area contributed by atoms with E-state index < -0.39 is 24.0 Å². The number of pyridine rings is 3. The number of aliphatic hydroxyl groups excluding tert-OH is 2. The van der Waals surface area contributed by atoms with E-state index in [2.05, 4.69) is 58.5 Å². The van der Waals surface area contributed by atoms with Gasteiger partial charge in [0.15, 0.2) is 0 Å². The van der Waals surface area contributed by atoms with Crippen LogP contribution in [0.5, 0.6) is 0 Å². The first-order valence-corrected chi connectivity index (χ1v) is 23.8. The molecule has 0 radical (unpaired) electrons. The fourth-order valence-electron chi connectivity index (χ4n) is 8.97. The molecule has 364 valence electrons. The lowest BCUT2D eigenvalue weighted by atomic mass is 9.99. The number of β-amino-alcohol motifs (C(OH)–C–C–N with tert-alkyl or cyclic N) is 1. The number of carbonyl (C=O) groups excluding carboxylic acids is 1. The predicted octanol–water partition coefficient (Wildman–Crippen LogP) is 6.01. The maximum absolute atomic E-state index is 16.0. The number of nitrogens with two attached hydrogens (primary N) is 2. The van der Waals surface area contributed by atoms with Crippen LogP contribution in [-0.2, 0) is 25.8 Å². The minimum atomic E-state index is -1.23. The molecule has 2 unspecified atom stereocenters. The highest BCUT2D eigenvalue weighted by molar-refractivity contribution is 5.95. The third-order valence-electron chi connectivity index (χ3n) is 12.8. The van der Waals surface area contributed by atoms with Crippen molar-refractivity contribution in [3.8, 4) is 57.5 Å². The highest BCUT2D eigenvalue weighted by atomic mass is 19.1. The highest BCUT2D eigenvalue weighted by Crippen LogP contribution is 2.33. The quantitative estimate of drug-likeness (QED) is 0.116. The van der Waals surface area contributed by atoms with Crippen molar-refractivity contribution in [2.45, 2.75) is 58.9 Å².